The van der Waals surface area contributed by atoms with Crippen molar-refractivity contribution in [3.8, 4) is 0 Å². The maximum Gasteiger partial charge on any atom is 0.374 e. The standard InChI is InChI=1S/C26H20O14/c27-17-18(28)20(38-24(30)14-6-2-10-34-14)22(40-26(32)16-8-4-12-36-16)21(39-25(31)15-7-3-11-35-15)19(17)37-23(29)13-5-1-9-33-13/h1-12,17-22,27-28H/t17-,18+,19+,20-,21-,22+. The number of esters is 4. The second kappa shape index (κ2) is 11.3. The van der Waals surface area contributed by atoms with Crippen LogP contribution in [0.15, 0.2) is 91.3 Å². The zero-order valence-corrected chi connectivity index (χ0v) is 20.2. The lowest BCUT2D eigenvalue weighted by molar-refractivity contribution is -0.224. The van der Waals surface area contributed by atoms with E-state index in [9.17, 15) is 29.4 Å². The molecule has 1 aliphatic carbocycles. The summed E-state index contributed by atoms with van der Waals surface area (Å²) in [5, 5.41) is 22.0. The van der Waals surface area contributed by atoms with E-state index in [4.69, 9.17) is 36.6 Å². The Morgan fingerprint density at radius 2 is 0.725 bits per heavy atom. The Kier molecular flexibility index (Phi) is 7.52. The van der Waals surface area contributed by atoms with E-state index in [0.29, 0.717) is 0 Å². The van der Waals surface area contributed by atoms with Crippen LogP contribution in [0.1, 0.15) is 42.2 Å². The van der Waals surface area contributed by atoms with Gasteiger partial charge in [0.2, 0.25) is 23.0 Å². The van der Waals surface area contributed by atoms with Crippen LogP contribution in [0.5, 0.6) is 0 Å². The fraction of sp³-hybridized carbons (Fsp3) is 0.231. The quantitative estimate of drug-likeness (QED) is 0.236. The molecule has 0 aromatic carbocycles. The highest BCUT2D eigenvalue weighted by atomic mass is 16.7. The molecular weight excluding hydrogens is 536 g/mol. The lowest BCUT2D eigenvalue weighted by Crippen LogP contribution is -2.67. The van der Waals surface area contributed by atoms with E-state index in [2.05, 4.69) is 0 Å². The normalized spacial score (nSPS) is 24.1. The number of carbonyl (C=O) groups excluding carboxylic acids is 4. The Morgan fingerprint density at radius 3 is 0.950 bits per heavy atom. The lowest BCUT2D eigenvalue weighted by Gasteiger charge is -2.44. The van der Waals surface area contributed by atoms with Crippen molar-refractivity contribution in [2.45, 2.75) is 36.6 Å². The number of aliphatic hydroxyl groups is 2. The Bertz CT molecular complexity index is 1310. The van der Waals surface area contributed by atoms with Crippen molar-refractivity contribution in [2.75, 3.05) is 0 Å². The molecule has 1 aliphatic rings. The molecular formula is C26H20O14. The van der Waals surface area contributed by atoms with Crippen LogP contribution >= 0.6 is 0 Å². The van der Waals surface area contributed by atoms with Crippen molar-refractivity contribution < 1.29 is 66.0 Å². The summed E-state index contributed by atoms with van der Waals surface area (Å²) >= 11 is 0. The average molecular weight is 556 g/mol. The molecule has 0 bridgehead atoms. The molecule has 40 heavy (non-hydrogen) atoms. The number of furan rings is 4. The number of aliphatic hydroxyl groups excluding tert-OH is 2. The highest BCUT2D eigenvalue weighted by molar-refractivity contribution is 5.89. The Morgan fingerprint density at radius 1 is 0.475 bits per heavy atom. The summed E-state index contributed by atoms with van der Waals surface area (Å²) in [6, 6.07) is 10.6. The average Bonchev–Trinajstić information content (AvgIpc) is 3.78. The molecule has 4 aromatic rings. The number of hydrogen-bond donors (Lipinski definition) is 2. The van der Waals surface area contributed by atoms with Crippen molar-refractivity contribution in [1.29, 1.82) is 0 Å². The molecule has 1 fully saturated rings. The molecule has 14 nitrogen and oxygen atoms in total. The Balaban J connectivity index is 1.52. The third kappa shape index (κ3) is 5.39. The molecule has 14 heteroatoms. The molecule has 2 N–H and O–H groups in total. The summed E-state index contributed by atoms with van der Waals surface area (Å²) in [7, 11) is 0. The van der Waals surface area contributed by atoms with Gasteiger partial charge in [-0.25, -0.2) is 19.2 Å². The maximum absolute atomic E-state index is 12.9. The van der Waals surface area contributed by atoms with Crippen LogP contribution in [0, 0.1) is 0 Å². The first-order valence-electron chi connectivity index (χ1n) is 11.7. The van der Waals surface area contributed by atoms with Crippen LogP contribution in [0.3, 0.4) is 0 Å². The smallest absolute Gasteiger partial charge is 0.374 e. The molecule has 0 unspecified atom stereocenters. The van der Waals surface area contributed by atoms with Crippen molar-refractivity contribution in [2.24, 2.45) is 0 Å². The summed E-state index contributed by atoms with van der Waals surface area (Å²) < 4.78 is 41.8. The molecule has 6 atom stereocenters. The molecule has 1 saturated carbocycles. The number of rotatable bonds is 8. The van der Waals surface area contributed by atoms with Gasteiger partial charge < -0.3 is 46.8 Å². The van der Waals surface area contributed by atoms with Crippen molar-refractivity contribution >= 4 is 23.9 Å². The first-order valence-corrected chi connectivity index (χ1v) is 11.7. The molecule has 0 radical (unpaired) electrons. The van der Waals surface area contributed by atoms with Crippen LogP contribution in [0.4, 0.5) is 0 Å². The van der Waals surface area contributed by atoms with Gasteiger partial charge in [-0.3, -0.25) is 0 Å². The summed E-state index contributed by atoms with van der Waals surface area (Å²) in [6.07, 6.45) is -6.74. The first kappa shape index (κ1) is 26.5. The van der Waals surface area contributed by atoms with Crippen molar-refractivity contribution in [3.63, 3.8) is 0 Å². The van der Waals surface area contributed by atoms with Gasteiger partial charge in [0.1, 0.15) is 12.2 Å². The summed E-state index contributed by atoms with van der Waals surface area (Å²) in [5.74, 6) is -5.61. The molecule has 208 valence electrons. The second-order valence-corrected chi connectivity index (χ2v) is 8.37. The van der Waals surface area contributed by atoms with Gasteiger partial charge in [0.05, 0.1) is 25.1 Å². The minimum absolute atomic E-state index is 0.284. The van der Waals surface area contributed by atoms with E-state index in [1.54, 1.807) is 0 Å². The Labute approximate surface area is 223 Å². The zero-order valence-electron chi connectivity index (χ0n) is 20.2. The van der Waals surface area contributed by atoms with Gasteiger partial charge >= 0.3 is 23.9 Å². The van der Waals surface area contributed by atoms with E-state index in [0.717, 1.165) is 0 Å². The van der Waals surface area contributed by atoms with Gasteiger partial charge in [0, 0.05) is 0 Å². The van der Waals surface area contributed by atoms with E-state index in [1.807, 2.05) is 0 Å². The monoisotopic (exact) mass is 556 g/mol. The van der Waals surface area contributed by atoms with Gasteiger partial charge in [0.25, 0.3) is 0 Å². The molecule has 4 aromatic heterocycles. The minimum atomic E-state index is -2.03. The maximum atomic E-state index is 12.9. The molecule has 4 heterocycles. The highest BCUT2D eigenvalue weighted by Gasteiger charge is 2.58. The van der Waals surface area contributed by atoms with Gasteiger partial charge in [-0.1, -0.05) is 0 Å². The zero-order chi connectivity index (χ0) is 28.2. The predicted molar refractivity (Wildman–Crippen MR) is 124 cm³/mol. The third-order valence-corrected chi connectivity index (χ3v) is 5.86. The van der Waals surface area contributed by atoms with Gasteiger partial charge in [0.15, 0.2) is 24.4 Å². The van der Waals surface area contributed by atoms with Crippen LogP contribution < -0.4 is 0 Å². The van der Waals surface area contributed by atoms with E-state index in [-0.39, 0.29) is 23.0 Å². The second-order valence-electron chi connectivity index (χ2n) is 8.37. The van der Waals surface area contributed by atoms with E-state index in [1.165, 1.54) is 73.6 Å². The van der Waals surface area contributed by atoms with Crippen LogP contribution in [0.25, 0.3) is 0 Å². The minimum Gasteiger partial charge on any atom is -0.457 e. The number of ether oxygens (including phenoxy) is 4. The number of carbonyl (C=O) groups is 4. The molecule has 5 rings (SSSR count). The number of hydrogen-bond acceptors (Lipinski definition) is 14. The van der Waals surface area contributed by atoms with Crippen LogP contribution in [-0.2, 0) is 18.9 Å². The van der Waals surface area contributed by atoms with E-state index < -0.39 is 60.5 Å². The SMILES string of the molecule is O=C(O[C@@H]1[C@H](OC(=O)c2ccco2)[C@@H](OC(=O)c2ccco2)[C@H](O)[C@H](O)[C@H]1OC(=O)c1ccco1)c1ccco1. The van der Waals surface area contributed by atoms with Gasteiger partial charge in [-0.2, -0.15) is 0 Å². The first-order chi connectivity index (χ1) is 19.3. The summed E-state index contributed by atoms with van der Waals surface area (Å²) in [6.45, 7) is 0. The molecule has 0 spiro atoms. The van der Waals surface area contributed by atoms with Crippen LogP contribution in [0.2, 0.25) is 0 Å². The lowest BCUT2D eigenvalue weighted by atomic mass is 9.84. The molecule has 0 saturated heterocycles. The highest BCUT2D eigenvalue weighted by Crippen LogP contribution is 2.33. The molecule has 0 amide bonds. The topological polar surface area (TPSA) is 198 Å². The fourth-order valence-corrected chi connectivity index (χ4v) is 4.00. The largest absolute Gasteiger partial charge is 0.457 e. The van der Waals surface area contributed by atoms with Crippen LogP contribution in [-0.4, -0.2) is 70.7 Å². The molecule has 0 aliphatic heterocycles. The van der Waals surface area contributed by atoms with E-state index >= 15 is 0 Å². The fourth-order valence-electron chi connectivity index (χ4n) is 4.00. The van der Waals surface area contributed by atoms with Crippen molar-refractivity contribution in [1.82, 2.24) is 0 Å². The van der Waals surface area contributed by atoms with Gasteiger partial charge in [-0.15, -0.1) is 0 Å². The summed E-state index contributed by atoms with van der Waals surface area (Å²) in [4.78, 5) is 51.3. The predicted octanol–water partition coefficient (Wildman–Crippen LogP) is 2.00. The Hall–Kier alpha value is -5.08. The van der Waals surface area contributed by atoms with Gasteiger partial charge in [-0.05, 0) is 48.5 Å². The van der Waals surface area contributed by atoms with Crippen molar-refractivity contribution in [3.05, 3.63) is 96.6 Å². The summed E-state index contributed by atoms with van der Waals surface area (Å²) in [5.41, 5.74) is 0. The third-order valence-electron chi connectivity index (χ3n) is 5.86.